The van der Waals surface area contributed by atoms with Gasteiger partial charge in [-0.05, 0) is 30.9 Å². The average Bonchev–Trinajstić information content (AvgIpc) is 2.54. The predicted octanol–water partition coefficient (Wildman–Crippen LogP) is 2.06. The highest BCUT2D eigenvalue weighted by molar-refractivity contribution is 5.78. The van der Waals surface area contributed by atoms with Crippen LogP contribution in [0.3, 0.4) is 0 Å². The van der Waals surface area contributed by atoms with Gasteiger partial charge in [0.15, 0.2) is 0 Å². The van der Waals surface area contributed by atoms with E-state index in [2.05, 4.69) is 22.8 Å². The summed E-state index contributed by atoms with van der Waals surface area (Å²) in [5, 5.41) is 5.72. The summed E-state index contributed by atoms with van der Waals surface area (Å²) in [6.45, 7) is 5.74. The molecule has 1 aromatic carbocycles. The summed E-state index contributed by atoms with van der Waals surface area (Å²) in [7, 11) is 0. The first-order valence-corrected chi connectivity index (χ1v) is 7.99. The van der Waals surface area contributed by atoms with Gasteiger partial charge in [-0.2, -0.15) is 0 Å². The minimum absolute atomic E-state index is 0.0151. The van der Waals surface area contributed by atoms with E-state index in [1.165, 1.54) is 11.1 Å². The molecule has 1 aromatic rings. The van der Waals surface area contributed by atoms with Crippen molar-refractivity contribution in [2.45, 2.75) is 45.7 Å². The Morgan fingerprint density at radius 3 is 2.73 bits per heavy atom. The second-order valence-electron chi connectivity index (χ2n) is 5.80. The molecule has 5 heteroatoms. The number of benzene rings is 1. The number of hydrogen-bond donors (Lipinski definition) is 2. The molecule has 0 spiro atoms. The van der Waals surface area contributed by atoms with Crippen LogP contribution in [-0.4, -0.2) is 36.0 Å². The van der Waals surface area contributed by atoms with E-state index in [0.29, 0.717) is 19.5 Å². The number of rotatable bonds is 5. The van der Waals surface area contributed by atoms with Crippen molar-refractivity contribution < 1.29 is 9.59 Å². The van der Waals surface area contributed by atoms with Gasteiger partial charge in [-0.15, -0.1) is 0 Å². The van der Waals surface area contributed by atoms with Crippen LogP contribution in [0.25, 0.3) is 0 Å². The first-order chi connectivity index (χ1) is 10.6. The van der Waals surface area contributed by atoms with Crippen molar-refractivity contribution in [3.05, 3.63) is 35.4 Å². The molecule has 3 amide bonds. The highest BCUT2D eigenvalue weighted by Crippen LogP contribution is 2.18. The number of amides is 3. The highest BCUT2D eigenvalue weighted by Gasteiger charge is 2.20. The molecule has 0 saturated carbocycles. The SMILES string of the molecule is CC[C@@H](C)NC(=O)CCNC(=O)N1CCc2ccccc2C1. The molecule has 0 aromatic heterocycles. The Kier molecular flexibility index (Phi) is 5.81. The molecule has 1 aliphatic heterocycles. The Labute approximate surface area is 132 Å². The maximum absolute atomic E-state index is 12.2. The maximum atomic E-state index is 12.2. The van der Waals surface area contributed by atoms with E-state index in [4.69, 9.17) is 0 Å². The monoisotopic (exact) mass is 303 g/mol. The van der Waals surface area contributed by atoms with E-state index >= 15 is 0 Å². The van der Waals surface area contributed by atoms with Gasteiger partial charge in [0.25, 0.3) is 0 Å². The van der Waals surface area contributed by atoms with Gasteiger partial charge in [0.2, 0.25) is 5.91 Å². The van der Waals surface area contributed by atoms with E-state index in [1.807, 2.05) is 26.0 Å². The molecule has 120 valence electrons. The molecular formula is C17H25N3O2. The number of carbonyl (C=O) groups is 2. The van der Waals surface area contributed by atoms with E-state index in [9.17, 15) is 9.59 Å². The minimum atomic E-state index is -0.0918. The van der Waals surface area contributed by atoms with Gasteiger partial charge in [0.05, 0.1) is 0 Å². The minimum Gasteiger partial charge on any atom is -0.354 e. The molecule has 2 N–H and O–H groups in total. The quantitative estimate of drug-likeness (QED) is 0.874. The van der Waals surface area contributed by atoms with Crippen LogP contribution in [0.5, 0.6) is 0 Å². The van der Waals surface area contributed by atoms with Crippen molar-refractivity contribution in [1.29, 1.82) is 0 Å². The molecule has 0 unspecified atom stereocenters. The Morgan fingerprint density at radius 2 is 2.00 bits per heavy atom. The molecule has 1 atom stereocenters. The zero-order valence-corrected chi connectivity index (χ0v) is 13.4. The van der Waals surface area contributed by atoms with Gasteiger partial charge in [0, 0.05) is 32.1 Å². The molecular weight excluding hydrogens is 278 g/mol. The first kappa shape index (κ1) is 16.3. The number of nitrogens with one attached hydrogen (secondary N) is 2. The second kappa shape index (κ2) is 7.82. The molecule has 5 nitrogen and oxygen atoms in total. The normalized spacial score (nSPS) is 14.9. The summed E-state index contributed by atoms with van der Waals surface area (Å²) < 4.78 is 0. The van der Waals surface area contributed by atoms with Crippen molar-refractivity contribution >= 4 is 11.9 Å². The molecule has 0 bridgehead atoms. The Morgan fingerprint density at radius 1 is 1.27 bits per heavy atom. The summed E-state index contributed by atoms with van der Waals surface area (Å²) in [6.07, 6.45) is 2.11. The van der Waals surface area contributed by atoms with Crippen LogP contribution in [0.2, 0.25) is 0 Å². The molecule has 0 radical (unpaired) electrons. The van der Waals surface area contributed by atoms with Crippen molar-refractivity contribution in [1.82, 2.24) is 15.5 Å². The smallest absolute Gasteiger partial charge is 0.317 e. The number of nitrogens with zero attached hydrogens (tertiary/aromatic N) is 1. The van der Waals surface area contributed by atoms with Crippen LogP contribution in [-0.2, 0) is 17.8 Å². The number of carbonyl (C=O) groups excluding carboxylic acids is 2. The Balaban J connectivity index is 1.74. The van der Waals surface area contributed by atoms with Crippen LogP contribution in [0.1, 0.15) is 37.8 Å². The van der Waals surface area contributed by atoms with Gasteiger partial charge in [-0.1, -0.05) is 31.2 Å². The van der Waals surface area contributed by atoms with Gasteiger partial charge < -0.3 is 15.5 Å². The summed E-state index contributed by atoms with van der Waals surface area (Å²) in [6, 6.07) is 8.30. The molecule has 0 fully saturated rings. The zero-order chi connectivity index (χ0) is 15.9. The molecule has 0 saturated heterocycles. The third kappa shape index (κ3) is 4.48. The number of fused-ring (bicyclic) bond motifs is 1. The van der Waals surface area contributed by atoms with Crippen LogP contribution in [0.15, 0.2) is 24.3 Å². The molecule has 2 rings (SSSR count). The first-order valence-electron chi connectivity index (χ1n) is 7.99. The summed E-state index contributed by atoms with van der Waals surface area (Å²) >= 11 is 0. The van der Waals surface area contributed by atoms with E-state index < -0.39 is 0 Å². The lowest BCUT2D eigenvalue weighted by Gasteiger charge is -2.28. The average molecular weight is 303 g/mol. The Bertz CT molecular complexity index is 530. The van der Waals surface area contributed by atoms with E-state index in [1.54, 1.807) is 4.90 Å². The van der Waals surface area contributed by atoms with Crippen LogP contribution >= 0.6 is 0 Å². The van der Waals surface area contributed by atoms with Gasteiger partial charge in [-0.3, -0.25) is 4.79 Å². The van der Waals surface area contributed by atoms with Crippen molar-refractivity contribution in [3.63, 3.8) is 0 Å². The third-order valence-corrected chi connectivity index (χ3v) is 4.07. The number of urea groups is 1. The van der Waals surface area contributed by atoms with Gasteiger partial charge in [0.1, 0.15) is 0 Å². The van der Waals surface area contributed by atoms with E-state index in [-0.39, 0.29) is 18.0 Å². The van der Waals surface area contributed by atoms with Gasteiger partial charge >= 0.3 is 6.03 Å². The highest BCUT2D eigenvalue weighted by atomic mass is 16.2. The molecule has 1 aliphatic rings. The standard InChI is InChI=1S/C17H25N3O2/c1-3-13(2)19-16(21)8-10-18-17(22)20-11-9-14-6-4-5-7-15(14)12-20/h4-7,13H,3,8-12H2,1-2H3,(H,18,22)(H,19,21)/t13-/m1/s1. The van der Waals surface area contributed by atoms with Crippen molar-refractivity contribution in [2.75, 3.05) is 13.1 Å². The lowest BCUT2D eigenvalue weighted by Crippen LogP contribution is -2.44. The summed E-state index contributed by atoms with van der Waals surface area (Å²) in [4.78, 5) is 25.6. The topological polar surface area (TPSA) is 61.4 Å². The van der Waals surface area contributed by atoms with Gasteiger partial charge in [-0.25, -0.2) is 4.79 Å². The van der Waals surface area contributed by atoms with E-state index in [0.717, 1.165) is 19.4 Å². The fraction of sp³-hybridized carbons (Fsp3) is 0.529. The number of hydrogen-bond acceptors (Lipinski definition) is 2. The molecule has 1 heterocycles. The van der Waals surface area contributed by atoms with Crippen LogP contribution < -0.4 is 10.6 Å². The fourth-order valence-corrected chi connectivity index (χ4v) is 2.51. The van der Waals surface area contributed by atoms with Crippen molar-refractivity contribution in [3.8, 4) is 0 Å². The third-order valence-electron chi connectivity index (χ3n) is 4.07. The summed E-state index contributed by atoms with van der Waals surface area (Å²) in [5.74, 6) is -0.0151. The largest absolute Gasteiger partial charge is 0.354 e. The fourth-order valence-electron chi connectivity index (χ4n) is 2.51. The molecule has 0 aliphatic carbocycles. The van der Waals surface area contributed by atoms with Crippen LogP contribution in [0, 0.1) is 0 Å². The maximum Gasteiger partial charge on any atom is 0.317 e. The Hall–Kier alpha value is -2.04. The lowest BCUT2D eigenvalue weighted by atomic mass is 10.0. The van der Waals surface area contributed by atoms with Crippen molar-refractivity contribution in [2.24, 2.45) is 0 Å². The van der Waals surface area contributed by atoms with Crippen LogP contribution in [0.4, 0.5) is 4.79 Å². The molecule has 22 heavy (non-hydrogen) atoms. The predicted molar refractivity (Wildman–Crippen MR) is 86.5 cm³/mol. The zero-order valence-electron chi connectivity index (χ0n) is 13.4. The second-order valence-corrected chi connectivity index (χ2v) is 5.80. The lowest BCUT2D eigenvalue weighted by molar-refractivity contribution is -0.121. The summed E-state index contributed by atoms with van der Waals surface area (Å²) in [5.41, 5.74) is 2.53.